The zero-order valence-corrected chi connectivity index (χ0v) is 13.2. The maximum Gasteiger partial charge on any atom is 0.224 e. The fourth-order valence-electron chi connectivity index (χ4n) is 3.01. The fourth-order valence-corrected chi connectivity index (χ4v) is 3.01. The zero-order chi connectivity index (χ0) is 15.3. The van der Waals surface area contributed by atoms with Crippen LogP contribution in [0.2, 0.25) is 0 Å². The van der Waals surface area contributed by atoms with Crippen LogP contribution in [0.3, 0.4) is 0 Å². The van der Waals surface area contributed by atoms with Gasteiger partial charge in [0.05, 0.1) is 0 Å². The van der Waals surface area contributed by atoms with Crippen molar-refractivity contribution in [2.45, 2.75) is 51.6 Å². The predicted octanol–water partition coefficient (Wildman–Crippen LogP) is 2.74. The molecule has 116 valence electrons. The summed E-state index contributed by atoms with van der Waals surface area (Å²) in [5, 5.41) is 2.95. The lowest BCUT2D eigenvalue weighted by atomic mass is 10.0. The van der Waals surface area contributed by atoms with E-state index in [1.807, 2.05) is 24.3 Å². The van der Waals surface area contributed by atoms with Gasteiger partial charge in [-0.15, -0.1) is 0 Å². The molecule has 0 spiro atoms. The summed E-state index contributed by atoms with van der Waals surface area (Å²) in [5.41, 5.74) is 7.78. The van der Waals surface area contributed by atoms with Gasteiger partial charge in [0.15, 0.2) is 0 Å². The monoisotopic (exact) mass is 289 g/mol. The molecule has 1 amide bonds. The van der Waals surface area contributed by atoms with Gasteiger partial charge in [-0.3, -0.25) is 9.69 Å². The van der Waals surface area contributed by atoms with E-state index < -0.39 is 0 Å². The number of hydrogen-bond acceptors (Lipinski definition) is 3. The highest BCUT2D eigenvalue weighted by Crippen LogP contribution is 2.28. The third-order valence-electron chi connectivity index (χ3n) is 4.35. The second-order valence-electron chi connectivity index (χ2n) is 6.46. The van der Waals surface area contributed by atoms with Crippen molar-refractivity contribution in [3.8, 4) is 0 Å². The highest BCUT2D eigenvalue weighted by Gasteiger charge is 2.30. The molecule has 1 aliphatic rings. The second-order valence-corrected chi connectivity index (χ2v) is 6.46. The quantitative estimate of drug-likeness (QED) is 0.846. The van der Waals surface area contributed by atoms with Crippen molar-refractivity contribution < 1.29 is 4.79 Å². The topological polar surface area (TPSA) is 58.4 Å². The van der Waals surface area contributed by atoms with Crippen molar-refractivity contribution in [2.24, 2.45) is 5.73 Å². The SMILES string of the molecule is CC1(C)CCCN1CCCC(=O)Nc1cccc(CN)c1. The minimum atomic E-state index is 0.0844. The van der Waals surface area contributed by atoms with E-state index in [-0.39, 0.29) is 5.91 Å². The molecule has 4 heteroatoms. The van der Waals surface area contributed by atoms with Crippen LogP contribution in [0.4, 0.5) is 5.69 Å². The highest BCUT2D eigenvalue weighted by molar-refractivity contribution is 5.90. The van der Waals surface area contributed by atoms with Gasteiger partial charge in [-0.05, 0) is 63.9 Å². The predicted molar refractivity (Wildman–Crippen MR) is 87.1 cm³/mol. The molecule has 0 atom stereocenters. The number of carbonyl (C=O) groups is 1. The lowest BCUT2D eigenvalue weighted by Gasteiger charge is -2.31. The van der Waals surface area contributed by atoms with Crippen molar-refractivity contribution in [1.29, 1.82) is 0 Å². The maximum atomic E-state index is 12.0. The summed E-state index contributed by atoms with van der Waals surface area (Å²) in [6.07, 6.45) is 4.00. The summed E-state index contributed by atoms with van der Waals surface area (Å²) in [4.78, 5) is 14.5. The van der Waals surface area contributed by atoms with Gasteiger partial charge < -0.3 is 11.1 Å². The molecule has 2 rings (SSSR count). The maximum absolute atomic E-state index is 12.0. The molecule has 1 aromatic rings. The Morgan fingerprint density at radius 3 is 2.90 bits per heavy atom. The molecule has 1 aliphatic heterocycles. The molecule has 0 aromatic heterocycles. The van der Waals surface area contributed by atoms with Gasteiger partial charge in [-0.1, -0.05) is 12.1 Å². The molecule has 1 fully saturated rings. The summed E-state index contributed by atoms with van der Waals surface area (Å²) in [5.74, 6) is 0.0844. The first-order chi connectivity index (χ1) is 10.0. The number of likely N-dealkylation sites (tertiary alicyclic amines) is 1. The van der Waals surface area contributed by atoms with E-state index in [0.29, 0.717) is 18.5 Å². The Morgan fingerprint density at radius 2 is 2.24 bits per heavy atom. The summed E-state index contributed by atoms with van der Waals surface area (Å²) < 4.78 is 0. The van der Waals surface area contributed by atoms with E-state index in [4.69, 9.17) is 5.73 Å². The van der Waals surface area contributed by atoms with Crippen molar-refractivity contribution in [2.75, 3.05) is 18.4 Å². The number of anilines is 1. The Morgan fingerprint density at radius 1 is 1.43 bits per heavy atom. The van der Waals surface area contributed by atoms with Gasteiger partial charge in [0.1, 0.15) is 0 Å². The zero-order valence-electron chi connectivity index (χ0n) is 13.2. The average Bonchev–Trinajstić information content (AvgIpc) is 2.78. The Bertz CT molecular complexity index is 485. The lowest BCUT2D eigenvalue weighted by molar-refractivity contribution is -0.116. The van der Waals surface area contributed by atoms with Gasteiger partial charge in [0, 0.05) is 24.2 Å². The molecule has 4 nitrogen and oxygen atoms in total. The number of nitrogens with two attached hydrogens (primary N) is 1. The second kappa shape index (κ2) is 7.05. The van der Waals surface area contributed by atoms with Crippen LogP contribution < -0.4 is 11.1 Å². The molecular weight excluding hydrogens is 262 g/mol. The minimum absolute atomic E-state index is 0.0844. The number of rotatable bonds is 6. The molecule has 0 bridgehead atoms. The summed E-state index contributed by atoms with van der Waals surface area (Å²) >= 11 is 0. The molecule has 1 aromatic carbocycles. The van der Waals surface area contributed by atoms with Gasteiger partial charge in [0.2, 0.25) is 5.91 Å². The smallest absolute Gasteiger partial charge is 0.224 e. The van der Waals surface area contributed by atoms with Crippen molar-refractivity contribution in [1.82, 2.24) is 4.90 Å². The van der Waals surface area contributed by atoms with Crippen LogP contribution in [0.25, 0.3) is 0 Å². The van der Waals surface area contributed by atoms with E-state index in [2.05, 4.69) is 24.1 Å². The number of benzene rings is 1. The average molecular weight is 289 g/mol. The molecule has 0 unspecified atom stereocenters. The third kappa shape index (κ3) is 4.55. The van der Waals surface area contributed by atoms with Crippen LogP contribution in [-0.4, -0.2) is 29.4 Å². The number of nitrogens with one attached hydrogen (secondary N) is 1. The Labute approximate surface area is 127 Å². The van der Waals surface area contributed by atoms with Crippen LogP contribution in [0.15, 0.2) is 24.3 Å². The van der Waals surface area contributed by atoms with Crippen molar-refractivity contribution in [3.63, 3.8) is 0 Å². The number of amides is 1. The fraction of sp³-hybridized carbons (Fsp3) is 0.588. The van der Waals surface area contributed by atoms with Crippen LogP contribution >= 0.6 is 0 Å². The Kier molecular flexibility index (Phi) is 5.37. The lowest BCUT2D eigenvalue weighted by Crippen LogP contribution is -2.38. The van der Waals surface area contributed by atoms with Gasteiger partial charge in [-0.2, -0.15) is 0 Å². The molecule has 0 aliphatic carbocycles. The van der Waals surface area contributed by atoms with Gasteiger partial charge in [-0.25, -0.2) is 0 Å². The van der Waals surface area contributed by atoms with E-state index in [9.17, 15) is 4.79 Å². The summed E-state index contributed by atoms with van der Waals surface area (Å²) in [6.45, 7) is 7.24. The van der Waals surface area contributed by atoms with Crippen molar-refractivity contribution >= 4 is 11.6 Å². The first kappa shape index (κ1) is 16.0. The molecule has 21 heavy (non-hydrogen) atoms. The summed E-state index contributed by atoms with van der Waals surface area (Å²) in [6, 6.07) is 7.72. The highest BCUT2D eigenvalue weighted by atomic mass is 16.1. The van der Waals surface area contributed by atoms with Crippen molar-refractivity contribution in [3.05, 3.63) is 29.8 Å². The minimum Gasteiger partial charge on any atom is -0.326 e. The number of hydrogen-bond donors (Lipinski definition) is 2. The molecular formula is C17H27N3O. The molecule has 0 radical (unpaired) electrons. The van der Waals surface area contributed by atoms with Crippen LogP contribution in [0.1, 0.15) is 45.1 Å². The van der Waals surface area contributed by atoms with E-state index in [1.165, 1.54) is 12.8 Å². The summed E-state index contributed by atoms with van der Waals surface area (Å²) in [7, 11) is 0. The van der Waals surface area contributed by atoms with Gasteiger partial charge in [0.25, 0.3) is 0 Å². The Hall–Kier alpha value is -1.39. The Balaban J connectivity index is 1.75. The number of carbonyl (C=O) groups excluding carboxylic acids is 1. The first-order valence-electron chi connectivity index (χ1n) is 7.85. The van der Waals surface area contributed by atoms with Crippen LogP contribution in [-0.2, 0) is 11.3 Å². The third-order valence-corrected chi connectivity index (χ3v) is 4.35. The van der Waals surface area contributed by atoms with E-state index >= 15 is 0 Å². The van der Waals surface area contributed by atoms with Gasteiger partial charge >= 0.3 is 0 Å². The van der Waals surface area contributed by atoms with Crippen LogP contribution in [0, 0.1) is 0 Å². The van der Waals surface area contributed by atoms with E-state index in [1.54, 1.807) is 0 Å². The standard InChI is InChI=1S/C17H27N3O/c1-17(2)9-5-11-20(17)10-4-8-16(21)19-15-7-3-6-14(12-15)13-18/h3,6-7,12H,4-5,8-11,13,18H2,1-2H3,(H,19,21). The first-order valence-corrected chi connectivity index (χ1v) is 7.85. The van der Waals surface area contributed by atoms with Crippen LogP contribution in [0.5, 0.6) is 0 Å². The number of nitrogens with zero attached hydrogens (tertiary/aromatic N) is 1. The normalized spacial score (nSPS) is 17.9. The molecule has 0 saturated carbocycles. The largest absolute Gasteiger partial charge is 0.326 e. The molecule has 1 heterocycles. The molecule has 3 N–H and O–H groups in total. The molecule has 1 saturated heterocycles. The van der Waals surface area contributed by atoms with E-state index in [0.717, 1.165) is 30.8 Å².